The van der Waals surface area contributed by atoms with Crippen molar-refractivity contribution in [2.45, 2.75) is 0 Å². The first-order valence-corrected chi connectivity index (χ1v) is 6.31. The van der Waals surface area contributed by atoms with Crippen LogP contribution in [-0.2, 0) is 32.7 Å². The number of rotatable bonds is 1. The summed E-state index contributed by atoms with van der Waals surface area (Å²) in [4.78, 5) is 12.9. The smallest absolute Gasteiger partial charge is 0.0544 e. The molecule has 0 aliphatic heterocycles. The van der Waals surface area contributed by atoms with Gasteiger partial charge in [0.15, 0.2) is 0 Å². The predicted octanol–water partition coefficient (Wildman–Crippen LogP) is 3.44. The Morgan fingerprint density at radius 2 is 1.62 bits per heavy atom. The predicted molar refractivity (Wildman–Crippen MR) is 77.9 cm³/mol. The van der Waals surface area contributed by atoms with E-state index in [1.165, 1.54) is 0 Å². The van der Waals surface area contributed by atoms with Crippen molar-refractivity contribution in [3.05, 3.63) is 67.3 Å². The Bertz CT molecular complexity index is 907. The van der Waals surface area contributed by atoms with Crippen LogP contribution in [0.25, 0.3) is 32.9 Å². The van der Waals surface area contributed by atoms with Crippen molar-refractivity contribution < 1.29 is 32.7 Å². The van der Waals surface area contributed by atoms with E-state index in [4.69, 9.17) is 0 Å². The summed E-state index contributed by atoms with van der Waals surface area (Å²) >= 11 is 0. The fourth-order valence-electron chi connectivity index (χ4n) is 2.30. The Hall–Kier alpha value is -1.71. The van der Waals surface area contributed by atoms with Crippen LogP contribution in [0.15, 0.2) is 54.9 Å². The van der Waals surface area contributed by atoms with Crippen LogP contribution in [0.2, 0.25) is 0 Å². The van der Waals surface area contributed by atoms with Gasteiger partial charge in [0.2, 0.25) is 0 Å². The van der Waals surface area contributed by atoms with Gasteiger partial charge in [-0.25, -0.2) is 11.1 Å². The zero-order chi connectivity index (χ0) is 13.4. The van der Waals surface area contributed by atoms with Crippen molar-refractivity contribution in [2.24, 2.45) is 0 Å². The van der Waals surface area contributed by atoms with Crippen LogP contribution in [0, 0.1) is 12.4 Å². The zero-order valence-corrected chi connectivity index (χ0v) is 14.0. The molecule has 4 rings (SSSR count). The standard InChI is InChI=1S/C17H9N3.Y/c1-4-14(10-18-7-1)15-9-13-6-5-12-3-2-8-19-16(12)17(13)20-11-15;/h1-9H;/q-2;. The first kappa shape index (κ1) is 14.2. The first-order chi connectivity index (χ1) is 9.92. The van der Waals surface area contributed by atoms with E-state index in [1.807, 2.05) is 30.3 Å². The summed E-state index contributed by atoms with van der Waals surface area (Å²) in [5, 5.41) is 2.13. The summed E-state index contributed by atoms with van der Waals surface area (Å²) in [6.07, 6.45) is 9.50. The molecule has 0 N–H and O–H groups in total. The van der Waals surface area contributed by atoms with E-state index < -0.39 is 0 Å². The van der Waals surface area contributed by atoms with Crippen LogP contribution in [0.1, 0.15) is 0 Å². The van der Waals surface area contributed by atoms with Crippen molar-refractivity contribution in [2.75, 3.05) is 0 Å². The summed E-state index contributed by atoms with van der Waals surface area (Å²) in [5.41, 5.74) is 3.56. The summed E-state index contributed by atoms with van der Waals surface area (Å²) in [5.74, 6) is 0. The molecule has 0 aliphatic rings. The number of nitrogens with zero attached hydrogens (tertiary/aromatic N) is 3. The molecule has 21 heavy (non-hydrogen) atoms. The Morgan fingerprint density at radius 1 is 0.762 bits per heavy atom. The van der Waals surface area contributed by atoms with E-state index in [0.29, 0.717) is 0 Å². The van der Waals surface area contributed by atoms with Gasteiger partial charge >= 0.3 is 0 Å². The molecule has 3 aromatic heterocycles. The molecule has 1 radical (unpaired) electrons. The van der Waals surface area contributed by atoms with Gasteiger partial charge in [-0.15, -0.1) is 6.07 Å². The number of hydrogen-bond donors (Lipinski definition) is 0. The van der Waals surface area contributed by atoms with Crippen molar-refractivity contribution in [1.29, 1.82) is 0 Å². The molecule has 0 aliphatic carbocycles. The number of fused-ring (bicyclic) bond motifs is 3. The van der Waals surface area contributed by atoms with Gasteiger partial charge in [-0.3, -0.25) is 4.98 Å². The third-order valence-electron chi connectivity index (χ3n) is 3.27. The minimum absolute atomic E-state index is 0. The average molecular weight is 344 g/mol. The molecule has 0 atom stereocenters. The molecule has 1 aromatic carbocycles. The zero-order valence-electron chi connectivity index (χ0n) is 11.1. The molecule has 4 heteroatoms. The molecule has 0 bridgehead atoms. The van der Waals surface area contributed by atoms with Crippen LogP contribution in [-0.4, -0.2) is 15.0 Å². The molecule has 0 fully saturated rings. The number of hydrogen-bond acceptors (Lipinski definition) is 3. The van der Waals surface area contributed by atoms with E-state index in [2.05, 4.69) is 39.5 Å². The van der Waals surface area contributed by atoms with E-state index in [1.54, 1.807) is 12.4 Å². The fourth-order valence-corrected chi connectivity index (χ4v) is 2.30. The van der Waals surface area contributed by atoms with Gasteiger partial charge in [0.25, 0.3) is 0 Å². The second-order valence-electron chi connectivity index (χ2n) is 4.52. The Kier molecular flexibility index (Phi) is 4.04. The third-order valence-corrected chi connectivity index (χ3v) is 3.27. The van der Waals surface area contributed by atoms with Crippen LogP contribution < -0.4 is 0 Å². The van der Waals surface area contributed by atoms with Crippen LogP contribution >= 0.6 is 0 Å². The maximum Gasteiger partial charge on any atom is 0.0544 e. The quantitative estimate of drug-likeness (QED) is 0.392. The minimum atomic E-state index is 0. The van der Waals surface area contributed by atoms with Gasteiger partial charge in [-0.1, -0.05) is 42.2 Å². The molecule has 3 nitrogen and oxygen atoms in total. The summed E-state index contributed by atoms with van der Waals surface area (Å²) < 4.78 is 0. The summed E-state index contributed by atoms with van der Waals surface area (Å²) in [7, 11) is 0. The van der Waals surface area contributed by atoms with Crippen molar-refractivity contribution in [3.8, 4) is 11.1 Å². The van der Waals surface area contributed by atoms with Gasteiger partial charge in [0.05, 0.1) is 5.52 Å². The molecule has 3 heterocycles. The number of aromatic nitrogens is 3. The molecule has 0 spiro atoms. The van der Waals surface area contributed by atoms with E-state index in [-0.39, 0.29) is 32.7 Å². The van der Waals surface area contributed by atoms with E-state index in [9.17, 15) is 0 Å². The molecule has 0 amide bonds. The topological polar surface area (TPSA) is 38.7 Å². The maximum absolute atomic E-state index is 4.45. The van der Waals surface area contributed by atoms with E-state index in [0.717, 1.165) is 32.9 Å². The minimum Gasteiger partial charge on any atom is -0.371 e. The average Bonchev–Trinajstić information content (AvgIpc) is 2.55. The molecule has 4 aromatic rings. The molecule has 97 valence electrons. The van der Waals surface area contributed by atoms with Crippen molar-refractivity contribution in [1.82, 2.24) is 15.0 Å². The van der Waals surface area contributed by atoms with Crippen molar-refractivity contribution in [3.63, 3.8) is 0 Å². The van der Waals surface area contributed by atoms with Crippen molar-refractivity contribution >= 4 is 21.8 Å². The van der Waals surface area contributed by atoms with Gasteiger partial charge in [-0.2, -0.15) is 12.1 Å². The molecule has 0 unspecified atom stereocenters. The second-order valence-corrected chi connectivity index (χ2v) is 4.52. The first-order valence-electron chi connectivity index (χ1n) is 6.31. The molecule has 0 saturated carbocycles. The third kappa shape index (κ3) is 2.59. The van der Waals surface area contributed by atoms with Crippen LogP contribution in [0.5, 0.6) is 0 Å². The molecule has 0 saturated heterocycles. The number of benzene rings is 1. The van der Waals surface area contributed by atoms with E-state index >= 15 is 0 Å². The second kappa shape index (κ2) is 5.96. The summed E-state index contributed by atoms with van der Waals surface area (Å²) in [6.45, 7) is 0. The van der Waals surface area contributed by atoms with Gasteiger partial charge in [0, 0.05) is 44.4 Å². The van der Waals surface area contributed by atoms with Gasteiger partial charge in [-0.05, 0) is 11.5 Å². The van der Waals surface area contributed by atoms with Gasteiger partial charge < -0.3 is 9.97 Å². The summed E-state index contributed by atoms with van der Waals surface area (Å²) in [6, 6.07) is 14.0. The largest absolute Gasteiger partial charge is 0.371 e. The number of pyridine rings is 3. The normalized spacial score (nSPS) is 10.5. The fraction of sp³-hybridized carbons (Fsp3) is 0. The molecular formula is C17H9N3Y-2. The van der Waals surface area contributed by atoms with Crippen LogP contribution in [0.3, 0.4) is 0 Å². The Labute approximate surface area is 147 Å². The monoisotopic (exact) mass is 344 g/mol. The van der Waals surface area contributed by atoms with Crippen LogP contribution in [0.4, 0.5) is 0 Å². The van der Waals surface area contributed by atoms with Gasteiger partial charge in [0.1, 0.15) is 0 Å². The Morgan fingerprint density at radius 3 is 2.48 bits per heavy atom. The Balaban J connectivity index is 0.00000132. The maximum atomic E-state index is 4.45. The SMILES string of the molecule is [Y].[c-]1ncccc1-c1[c-]nc2c(ccc3cccnc32)c1. The molecular weight excluding hydrogens is 335 g/mol.